The molecule has 1 heterocycles. The van der Waals surface area contributed by atoms with E-state index in [2.05, 4.69) is 10.2 Å². The van der Waals surface area contributed by atoms with E-state index in [4.69, 9.17) is 5.11 Å². The largest absolute Gasteiger partial charge is 0.481 e. The fourth-order valence-corrected chi connectivity index (χ4v) is 2.81. The van der Waals surface area contributed by atoms with Crippen LogP contribution in [0.1, 0.15) is 38.2 Å². The lowest BCUT2D eigenvalue weighted by molar-refractivity contribution is -0.137. The average Bonchev–Trinajstić information content (AvgIpc) is 2.74. The first-order valence-electron chi connectivity index (χ1n) is 7.32. The van der Waals surface area contributed by atoms with E-state index in [1.54, 1.807) is 0 Å². The number of nitrogens with one attached hydrogen (secondary N) is 1. The number of hydrogen-bond acceptors (Lipinski definition) is 3. The standard InChI is InChI=1S/C16H22N2O3/c1-11(2)17-15(19)7-8-18-10-12(9-16(20)21)13-5-3-4-6-14(13)18/h3-6,11-12H,7-10H2,1-2H3,(H,17,19)(H,20,21). The summed E-state index contributed by atoms with van der Waals surface area (Å²) in [4.78, 5) is 24.8. The lowest BCUT2D eigenvalue weighted by atomic mass is 9.98. The summed E-state index contributed by atoms with van der Waals surface area (Å²) in [7, 11) is 0. The van der Waals surface area contributed by atoms with Crippen molar-refractivity contribution < 1.29 is 14.7 Å². The van der Waals surface area contributed by atoms with Gasteiger partial charge in [0.15, 0.2) is 0 Å². The minimum Gasteiger partial charge on any atom is -0.481 e. The highest BCUT2D eigenvalue weighted by atomic mass is 16.4. The molecule has 0 saturated heterocycles. The van der Waals surface area contributed by atoms with E-state index in [1.807, 2.05) is 38.1 Å². The Hall–Kier alpha value is -2.04. The third kappa shape index (κ3) is 3.97. The van der Waals surface area contributed by atoms with Gasteiger partial charge in [-0.15, -0.1) is 0 Å². The molecule has 5 nitrogen and oxygen atoms in total. The van der Waals surface area contributed by atoms with Crippen LogP contribution in [0.3, 0.4) is 0 Å². The first-order chi connectivity index (χ1) is 9.97. The molecule has 0 fully saturated rings. The number of anilines is 1. The highest BCUT2D eigenvalue weighted by Gasteiger charge is 2.29. The van der Waals surface area contributed by atoms with E-state index < -0.39 is 5.97 Å². The second kappa shape index (κ2) is 6.61. The van der Waals surface area contributed by atoms with Crippen molar-refractivity contribution in [3.63, 3.8) is 0 Å². The van der Waals surface area contributed by atoms with Crippen LogP contribution in [0.2, 0.25) is 0 Å². The van der Waals surface area contributed by atoms with E-state index in [0.717, 1.165) is 11.3 Å². The number of amides is 1. The van der Waals surface area contributed by atoms with E-state index >= 15 is 0 Å². The summed E-state index contributed by atoms with van der Waals surface area (Å²) in [5, 5.41) is 11.9. The lowest BCUT2D eigenvalue weighted by Crippen LogP contribution is -2.34. The second-order valence-electron chi connectivity index (χ2n) is 5.77. The molecule has 114 valence electrons. The van der Waals surface area contributed by atoms with Crippen molar-refractivity contribution in [2.45, 2.75) is 38.6 Å². The molecule has 1 aromatic carbocycles. The third-order valence-corrected chi connectivity index (χ3v) is 3.64. The van der Waals surface area contributed by atoms with Crippen LogP contribution in [0.15, 0.2) is 24.3 Å². The number of aliphatic carboxylic acids is 1. The molecule has 21 heavy (non-hydrogen) atoms. The van der Waals surface area contributed by atoms with Gasteiger partial charge < -0.3 is 15.3 Å². The Morgan fingerprint density at radius 1 is 1.38 bits per heavy atom. The average molecular weight is 290 g/mol. The van der Waals surface area contributed by atoms with Crippen LogP contribution in [0, 0.1) is 0 Å². The number of carbonyl (C=O) groups excluding carboxylic acids is 1. The van der Waals surface area contributed by atoms with E-state index in [9.17, 15) is 9.59 Å². The number of carboxylic acid groups (broad SMARTS) is 1. The highest BCUT2D eigenvalue weighted by molar-refractivity contribution is 5.77. The zero-order valence-electron chi connectivity index (χ0n) is 12.5. The van der Waals surface area contributed by atoms with Gasteiger partial charge in [-0.05, 0) is 25.5 Å². The van der Waals surface area contributed by atoms with Gasteiger partial charge in [-0.3, -0.25) is 9.59 Å². The van der Waals surface area contributed by atoms with Gasteiger partial charge in [-0.25, -0.2) is 0 Å². The summed E-state index contributed by atoms with van der Waals surface area (Å²) in [6.07, 6.45) is 0.554. The van der Waals surface area contributed by atoms with Crippen molar-refractivity contribution in [3.05, 3.63) is 29.8 Å². The van der Waals surface area contributed by atoms with Gasteiger partial charge in [0, 0.05) is 37.2 Å². The number of para-hydroxylation sites is 1. The van der Waals surface area contributed by atoms with Crippen LogP contribution in [-0.4, -0.2) is 36.1 Å². The maximum Gasteiger partial charge on any atom is 0.304 e. The fourth-order valence-electron chi connectivity index (χ4n) is 2.81. The van der Waals surface area contributed by atoms with Gasteiger partial charge in [0.05, 0.1) is 6.42 Å². The molecule has 0 saturated carbocycles. The number of hydrogen-bond donors (Lipinski definition) is 2. The molecule has 2 N–H and O–H groups in total. The topological polar surface area (TPSA) is 69.6 Å². The minimum atomic E-state index is -0.783. The van der Waals surface area contributed by atoms with Gasteiger partial charge in [0.25, 0.3) is 0 Å². The molecule has 1 aliphatic heterocycles. The second-order valence-corrected chi connectivity index (χ2v) is 5.77. The van der Waals surface area contributed by atoms with Crippen LogP contribution in [0.5, 0.6) is 0 Å². The Morgan fingerprint density at radius 2 is 2.10 bits per heavy atom. The molecule has 1 atom stereocenters. The van der Waals surface area contributed by atoms with Gasteiger partial charge >= 0.3 is 5.97 Å². The molecule has 2 rings (SSSR count). The molecule has 1 unspecified atom stereocenters. The summed E-state index contributed by atoms with van der Waals surface area (Å²) in [6.45, 7) is 5.16. The molecule has 1 aliphatic rings. The molecule has 5 heteroatoms. The maximum atomic E-state index is 11.7. The SMILES string of the molecule is CC(C)NC(=O)CCN1CC(CC(=O)O)c2ccccc21. The van der Waals surface area contributed by atoms with Crippen molar-refractivity contribution in [1.29, 1.82) is 0 Å². The molecule has 0 bridgehead atoms. The number of carbonyl (C=O) groups is 2. The zero-order chi connectivity index (χ0) is 15.4. The van der Waals surface area contributed by atoms with Gasteiger partial charge in [0.1, 0.15) is 0 Å². The van der Waals surface area contributed by atoms with Crippen LogP contribution >= 0.6 is 0 Å². The quantitative estimate of drug-likeness (QED) is 0.840. The van der Waals surface area contributed by atoms with E-state index in [1.165, 1.54) is 0 Å². The van der Waals surface area contributed by atoms with E-state index in [0.29, 0.717) is 19.5 Å². The molecule has 1 aromatic rings. The Kier molecular flexibility index (Phi) is 4.83. The summed E-state index contributed by atoms with van der Waals surface area (Å²) < 4.78 is 0. The molecule has 0 aromatic heterocycles. The van der Waals surface area contributed by atoms with Crippen molar-refractivity contribution in [2.24, 2.45) is 0 Å². The number of carboxylic acids is 1. The summed E-state index contributed by atoms with van der Waals surface area (Å²) >= 11 is 0. The van der Waals surface area contributed by atoms with Crippen molar-refractivity contribution in [3.8, 4) is 0 Å². The van der Waals surface area contributed by atoms with Crippen molar-refractivity contribution in [1.82, 2.24) is 5.32 Å². The van der Waals surface area contributed by atoms with Gasteiger partial charge in [-0.2, -0.15) is 0 Å². The monoisotopic (exact) mass is 290 g/mol. The molecule has 0 spiro atoms. The number of fused-ring (bicyclic) bond motifs is 1. The predicted molar refractivity (Wildman–Crippen MR) is 81.5 cm³/mol. The van der Waals surface area contributed by atoms with Crippen LogP contribution in [0.25, 0.3) is 0 Å². The summed E-state index contributed by atoms with van der Waals surface area (Å²) in [5.74, 6) is -0.745. The lowest BCUT2D eigenvalue weighted by Gasteiger charge is -2.20. The van der Waals surface area contributed by atoms with Gasteiger partial charge in [0.2, 0.25) is 5.91 Å². The first kappa shape index (κ1) is 15.4. The molecule has 1 amide bonds. The van der Waals surface area contributed by atoms with Crippen molar-refractivity contribution in [2.75, 3.05) is 18.0 Å². The van der Waals surface area contributed by atoms with E-state index in [-0.39, 0.29) is 24.3 Å². The number of rotatable bonds is 6. The normalized spacial score (nSPS) is 16.9. The maximum absolute atomic E-state index is 11.7. The molecular weight excluding hydrogens is 268 g/mol. The number of benzene rings is 1. The van der Waals surface area contributed by atoms with Crippen LogP contribution in [0.4, 0.5) is 5.69 Å². The molecular formula is C16H22N2O3. The zero-order valence-corrected chi connectivity index (χ0v) is 12.5. The third-order valence-electron chi connectivity index (χ3n) is 3.64. The predicted octanol–water partition coefficient (Wildman–Crippen LogP) is 1.98. The Balaban J connectivity index is 2.02. The highest BCUT2D eigenvalue weighted by Crippen LogP contribution is 2.37. The summed E-state index contributed by atoms with van der Waals surface area (Å²) in [6, 6.07) is 8.00. The summed E-state index contributed by atoms with van der Waals surface area (Å²) in [5.41, 5.74) is 2.13. The molecule has 0 aliphatic carbocycles. The smallest absolute Gasteiger partial charge is 0.304 e. The minimum absolute atomic E-state index is 0.00635. The van der Waals surface area contributed by atoms with Crippen LogP contribution < -0.4 is 10.2 Å². The first-order valence-corrected chi connectivity index (χ1v) is 7.32. The van der Waals surface area contributed by atoms with Crippen molar-refractivity contribution >= 4 is 17.6 Å². The number of nitrogens with zero attached hydrogens (tertiary/aromatic N) is 1. The Labute approximate surface area is 125 Å². The van der Waals surface area contributed by atoms with Gasteiger partial charge in [-0.1, -0.05) is 18.2 Å². The van der Waals surface area contributed by atoms with Crippen LogP contribution in [-0.2, 0) is 9.59 Å². The molecule has 0 radical (unpaired) electrons. The Bertz CT molecular complexity index is 528. The Morgan fingerprint density at radius 3 is 2.76 bits per heavy atom. The fraction of sp³-hybridized carbons (Fsp3) is 0.500.